The quantitative estimate of drug-likeness (QED) is 0.563. The fourth-order valence-corrected chi connectivity index (χ4v) is 1.46. The molecule has 0 aliphatic carbocycles. The molecule has 0 N–H and O–H groups in total. The lowest BCUT2D eigenvalue weighted by Crippen LogP contribution is -2.01. The average molecular weight is 153 g/mol. The highest BCUT2D eigenvalue weighted by Crippen LogP contribution is 2.06. The van der Waals surface area contributed by atoms with E-state index in [0.29, 0.717) is 0 Å². The van der Waals surface area contributed by atoms with Crippen molar-refractivity contribution in [3.63, 3.8) is 0 Å². The molecular formula is C8H10OP+. The summed E-state index contributed by atoms with van der Waals surface area (Å²) in [7, 11) is -0.322. The van der Waals surface area contributed by atoms with E-state index in [4.69, 9.17) is 0 Å². The van der Waals surface area contributed by atoms with Gasteiger partial charge in [0, 0.05) is 11.1 Å². The van der Waals surface area contributed by atoms with E-state index in [9.17, 15) is 4.57 Å². The Morgan fingerprint density at radius 1 is 1.20 bits per heavy atom. The van der Waals surface area contributed by atoms with Crippen LogP contribution in [0.4, 0.5) is 0 Å². The third-order valence-electron chi connectivity index (χ3n) is 1.58. The molecule has 0 saturated carbocycles. The van der Waals surface area contributed by atoms with Gasteiger partial charge in [-0.1, -0.05) is 22.8 Å². The van der Waals surface area contributed by atoms with Gasteiger partial charge >= 0.3 is 8.46 Å². The Balaban J connectivity index is 3.30. The van der Waals surface area contributed by atoms with E-state index >= 15 is 0 Å². The molecule has 1 nitrogen and oxygen atoms in total. The van der Waals surface area contributed by atoms with Gasteiger partial charge in [-0.05, 0) is 13.8 Å². The molecule has 2 heteroatoms. The lowest BCUT2D eigenvalue weighted by molar-refractivity contribution is 0.603. The molecule has 1 atom stereocenters. The molecule has 1 aromatic rings. The molecule has 0 saturated heterocycles. The van der Waals surface area contributed by atoms with Crippen LogP contribution < -0.4 is 5.30 Å². The highest BCUT2D eigenvalue weighted by atomic mass is 31.1. The Labute approximate surface area is 62.3 Å². The van der Waals surface area contributed by atoms with Gasteiger partial charge in [-0.15, -0.1) is 0 Å². The van der Waals surface area contributed by atoms with Gasteiger partial charge in [-0.2, -0.15) is 0 Å². The van der Waals surface area contributed by atoms with Crippen LogP contribution in [-0.4, -0.2) is 0 Å². The van der Waals surface area contributed by atoms with Crippen molar-refractivity contribution in [2.45, 2.75) is 13.8 Å². The minimum atomic E-state index is -0.322. The first-order valence-corrected chi connectivity index (χ1v) is 4.11. The summed E-state index contributed by atoms with van der Waals surface area (Å²) in [5.74, 6) is 0. The fraction of sp³-hybridized carbons (Fsp3) is 0.250. The lowest BCUT2D eigenvalue weighted by atomic mass is 10.2. The van der Waals surface area contributed by atoms with Crippen LogP contribution in [0.3, 0.4) is 0 Å². The molecule has 0 heterocycles. The molecule has 0 radical (unpaired) electrons. The topological polar surface area (TPSA) is 17.1 Å². The predicted octanol–water partition coefficient (Wildman–Crippen LogP) is 1.95. The smallest absolute Gasteiger partial charge is 0.0707 e. The monoisotopic (exact) mass is 153 g/mol. The number of aryl methyl sites for hydroxylation is 2. The first-order valence-electron chi connectivity index (χ1n) is 3.20. The first-order chi connectivity index (χ1) is 4.75. The summed E-state index contributed by atoms with van der Waals surface area (Å²) in [6.45, 7) is 3.96. The van der Waals surface area contributed by atoms with E-state index in [-0.39, 0.29) is 8.46 Å². The standard InChI is InChI=1S/C8H9OP/c1-6-4-3-5-7(2)8(6)10-9/h3-5H,1-2H3/p+1. The van der Waals surface area contributed by atoms with Gasteiger partial charge in [-0.3, -0.25) is 0 Å². The number of rotatable bonds is 1. The third-order valence-corrected chi connectivity index (χ3v) is 2.58. The van der Waals surface area contributed by atoms with Gasteiger partial charge in [-0.25, -0.2) is 0 Å². The molecule has 0 aromatic heterocycles. The molecule has 52 valence electrons. The first kappa shape index (κ1) is 7.43. The van der Waals surface area contributed by atoms with Crippen molar-refractivity contribution in [3.8, 4) is 0 Å². The summed E-state index contributed by atoms with van der Waals surface area (Å²) in [4.78, 5) is 0. The maximum absolute atomic E-state index is 10.6. The Kier molecular flexibility index (Phi) is 2.18. The van der Waals surface area contributed by atoms with Crippen LogP contribution in [0.1, 0.15) is 11.1 Å². The Bertz CT molecular complexity index is 235. The van der Waals surface area contributed by atoms with Crippen molar-refractivity contribution in [1.82, 2.24) is 0 Å². The number of benzene rings is 1. The molecule has 1 aromatic carbocycles. The maximum Gasteiger partial charge on any atom is 0.363 e. The van der Waals surface area contributed by atoms with Crippen molar-refractivity contribution in [2.24, 2.45) is 0 Å². The second-order valence-electron chi connectivity index (χ2n) is 2.37. The minimum Gasteiger partial charge on any atom is -0.0707 e. The van der Waals surface area contributed by atoms with E-state index in [0.717, 1.165) is 16.4 Å². The summed E-state index contributed by atoms with van der Waals surface area (Å²) in [6, 6.07) is 5.94. The SMILES string of the molecule is Cc1cccc(C)c1[PH+]=O. The van der Waals surface area contributed by atoms with Gasteiger partial charge in [0.05, 0.1) is 0 Å². The third kappa shape index (κ3) is 1.25. The molecule has 1 rings (SSSR count). The molecule has 0 aliphatic heterocycles. The van der Waals surface area contributed by atoms with Crippen molar-refractivity contribution in [3.05, 3.63) is 29.3 Å². The van der Waals surface area contributed by atoms with Gasteiger partial charge in [0.15, 0.2) is 5.30 Å². The molecule has 1 unspecified atom stereocenters. The molecular weight excluding hydrogens is 143 g/mol. The van der Waals surface area contributed by atoms with Crippen molar-refractivity contribution < 1.29 is 4.57 Å². The second-order valence-corrected chi connectivity index (χ2v) is 3.07. The van der Waals surface area contributed by atoms with E-state index in [1.54, 1.807) is 0 Å². The molecule has 0 spiro atoms. The van der Waals surface area contributed by atoms with Crippen LogP contribution in [0.2, 0.25) is 0 Å². The van der Waals surface area contributed by atoms with Gasteiger partial charge in [0.1, 0.15) is 0 Å². The molecule has 0 aliphatic rings. The molecule has 0 amide bonds. The highest BCUT2D eigenvalue weighted by Gasteiger charge is 2.06. The van der Waals surface area contributed by atoms with Gasteiger partial charge < -0.3 is 0 Å². The van der Waals surface area contributed by atoms with E-state index in [1.807, 2.05) is 32.0 Å². The number of hydrogen-bond acceptors (Lipinski definition) is 1. The van der Waals surface area contributed by atoms with Crippen molar-refractivity contribution in [2.75, 3.05) is 0 Å². The number of hydrogen-bond donors (Lipinski definition) is 0. The van der Waals surface area contributed by atoms with Crippen LogP contribution in [-0.2, 0) is 4.57 Å². The van der Waals surface area contributed by atoms with Gasteiger partial charge in [0.25, 0.3) is 0 Å². The van der Waals surface area contributed by atoms with E-state index < -0.39 is 0 Å². The predicted molar refractivity (Wildman–Crippen MR) is 44.6 cm³/mol. The average Bonchev–Trinajstić information content (AvgIpc) is 1.88. The van der Waals surface area contributed by atoms with Gasteiger partial charge in [0.2, 0.25) is 0 Å². The zero-order valence-corrected chi connectivity index (χ0v) is 7.14. The van der Waals surface area contributed by atoms with Crippen LogP contribution in [0.5, 0.6) is 0 Å². The normalized spacial score (nSPS) is 10.2. The largest absolute Gasteiger partial charge is 0.363 e. The Hall–Kier alpha value is -0.680. The zero-order valence-electron chi connectivity index (χ0n) is 6.14. The van der Waals surface area contributed by atoms with Crippen molar-refractivity contribution >= 4 is 13.8 Å². The van der Waals surface area contributed by atoms with E-state index in [1.165, 1.54) is 0 Å². The summed E-state index contributed by atoms with van der Waals surface area (Å²) >= 11 is 0. The van der Waals surface area contributed by atoms with Crippen LogP contribution >= 0.6 is 8.46 Å². The summed E-state index contributed by atoms with van der Waals surface area (Å²) in [6.07, 6.45) is 0. The molecule has 0 fully saturated rings. The Morgan fingerprint density at radius 2 is 1.70 bits per heavy atom. The minimum absolute atomic E-state index is 0.322. The zero-order chi connectivity index (χ0) is 7.56. The summed E-state index contributed by atoms with van der Waals surface area (Å²) in [5.41, 5.74) is 2.24. The summed E-state index contributed by atoms with van der Waals surface area (Å²) < 4.78 is 10.6. The van der Waals surface area contributed by atoms with Crippen LogP contribution in [0.25, 0.3) is 0 Å². The van der Waals surface area contributed by atoms with E-state index in [2.05, 4.69) is 0 Å². The Morgan fingerprint density at radius 3 is 2.00 bits per heavy atom. The van der Waals surface area contributed by atoms with Crippen LogP contribution in [0, 0.1) is 13.8 Å². The fourth-order valence-electron chi connectivity index (χ4n) is 0.975. The molecule has 10 heavy (non-hydrogen) atoms. The second kappa shape index (κ2) is 2.94. The molecule has 0 bridgehead atoms. The highest BCUT2D eigenvalue weighted by molar-refractivity contribution is 7.34. The van der Waals surface area contributed by atoms with Crippen LogP contribution in [0.15, 0.2) is 18.2 Å². The maximum atomic E-state index is 10.6. The van der Waals surface area contributed by atoms with Crippen molar-refractivity contribution in [1.29, 1.82) is 0 Å². The lowest BCUT2D eigenvalue weighted by Gasteiger charge is -1.92. The summed E-state index contributed by atoms with van der Waals surface area (Å²) in [5, 5.41) is 0.975.